The molecule has 3 rings (SSSR count). The number of amides is 1. The molecule has 1 saturated carbocycles. The van der Waals surface area contributed by atoms with Crippen LogP contribution in [0.2, 0.25) is 0 Å². The van der Waals surface area contributed by atoms with Crippen LogP contribution in [0.1, 0.15) is 41.6 Å². The summed E-state index contributed by atoms with van der Waals surface area (Å²) in [5, 5.41) is 3.35. The number of aromatic nitrogens is 1. The molecular formula is C20H24FN3O. The molecule has 132 valence electrons. The molecule has 4 nitrogen and oxygen atoms in total. The summed E-state index contributed by atoms with van der Waals surface area (Å²) in [4.78, 5) is 17.8. The second-order valence-corrected chi connectivity index (χ2v) is 6.95. The van der Waals surface area contributed by atoms with Crippen molar-refractivity contribution in [3.63, 3.8) is 0 Å². The molecular weight excluding hydrogens is 317 g/mol. The summed E-state index contributed by atoms with van der Waals surface area (Å²) in [6.07, 6.45) is 5.74. The van der Waals surface area contributed by atoms with Crippen LogP contribution >= 0.6 is 0 Å². The van der Waals surface area contributed by atoms with Gasteiger partial charge in [-0.3, -0.25) is 4.79 Å². The van der Waals surface area contributed by atoms with Crippen LogP contribution in [0.25, 0.3) is 0 Å². The van der Waals surface area contributed by atoms with Gasteiger partial charge in [-0.1, -0.05) is 31.0 Å². The predicted molar refractivity (Wildman–Crippen MR) is 97.3 cm³/mol. The maximum Gasteiger partial charge on any atom is 0.254 e. The van der Waals surface area contributed by atoms with E-state index >= 15 is 0 Å². The Morgan fingerprint density at radius 3 is 2.52 bits per heavy atom. The summed E-state index contributed by atoms with van der Waals surface area (Å²) in [7, 11) is 3.43. The maximum atomic E-state index is 14.3. The van der Waals surface area contributed by atoms with E-state index in [4.69, 9.17) is 0 Å². The summed E-state index contributed by atoms with van der Waals surface area (Å²) in [5.74, 6) is 0.502. The third-order valence-corrected chi connectivity index (χ3v) is 5.03. The zero-order chi connectivity index (χ0) is 17.9. The molecule has 0 aliphatic heterocycles. The minimum Gasteiger partial charge on any atom is -0.369 e. The molecule has 1 N–H and O–H groups in total. The van der Waals surface area contributed by atoms with Crippen molar-refractivity contribution in [3.8, 4) is 0 Å². The third kappa shape index (κ3) is 3.65. The van der Waals surface area contributed by atoms with Crippen LogP contribution < -0.4 is 5.32 Å². The van der Waals surface area contributed by atoms with Gasteiger partial charge in [0.25, 0.3) is 5.91 Å². The molecule has 0 saturated heterocycles. The number of nitrogens with zero attached hydrogens (tertiary/aromatic N) is 2. The van der Waals surface area contributed by atoms with Gasteiger partial charge in [-0.15, -0.1) is 0 Å². The highest BCUT2D eigenvalue weighted by molar-refractivity contribution is 5.93. The molecule has 0 atom stereocenters. The zero-order valence-corrected chi connectivity index (χ0v) is 14.8. The van der Waals surface area contributed by atoms with Crippen molar-refractivity contribution >= 4 is 11.7 Å². The Balaban J connectivity index is 1.75. The highest BCUT2D eigenvalue weighted by Crippen LogP contribution is 2.42. The first-order chi connectivity index (χ1) is 12.0. The average molecular weight is 341 g/mol. The summed E-state index contributed by atoms with van der Waals surface area (Å²) >= 11 is 0. The van der Waals surface area contributed by atoms with Crippen LogP contribution in [0.4, 0.5) is 10.2 Å². The second-order valence-electron chi connectivity index (χ2n) is 6.95. The van der Waals surface area contributed by atoms with Gasteiger partial charge in [0, 0.05) is 32.3 Å². The summed E-state index contributed by atoms with van der Waals surface area (Å²) < 4.78 is 14.3. The lowest BCUT2D eigenvalue weighted by atomic mass is 9.78. The van der Waals surface area contributed by atoms with E-state index in [9.17, 15) is 9.18 Å². The molecule has 1 aromatic heterocycles. The Kier molecular flexibility index (Phi) is 5.02. The van der Waals surface area contributed by atoms with Crippen LogP contribution in [-0.2, 0) is 5.41 Å². The van der Waals surface area contributed by atoms with Crippen LogP contribution in [-0.4, -0.2) is 36.4 Å². The molecule has 5 heteroatoms. The minimum atomic E-state index is -0.189. The van der Waals surface area contributed by atoms with Crippen LogP contribution in [0, 0.1) is 5.82 Å². The first-order valence-corrected chi connectivity index (χ1v) is 8.68. The first-order valence-electron chi connectivity index (χ1n) is 8.68. The van der Waals surface area contributed by atoms with Crippen molar-refractivity contribution in [1.82, 2.24) is 9.88 Å². The van der Waals surface area contributed by atoms with Crippen molar-refractivity contribution in [2.75, 3.05) is 26.0 Å². The van der Waals surface area contributed by atoms with Gasteiger partial charge in [-0.05, 0) is 36.6 Å². The number of carbonyl (C=O) groups is 1. The standard InChI is InChI=1S/C20H24FN3O/c1-24(2)19(25)15-9-10-18(22-13-15)23-14-20(11-5-6-12-20)16-7-3-4-8-17(16)21/h3-4,7-10,13H,5-6,11-12,14H2,1-2H3,(H,22,23). The van der Waals surface area contributed by atoms with Gasteiger partial charge in [0.2, 0.25) is 0 Å². The average Bonchev–Trinajstić information content (AvgIpc) is 3.10. The Bertz CT molecular complexity index is 737. The number of halogens is 1. The number of rotatable bonds is 5. The molecule has 0 bridgehead atoms. The van der Waals surface area contributed by atoms with E-state index in [-0.39, 0.29) is 17.1 Å². The number of hydrogen-bond donors (Lipinski definition) is 1. The van der Waals surface area contributed by atoms with Gasteiger partial charge in [0.1, 0.15) is 11.6 Å². The summed E-state index contributed by atoms with van der Waals surface area (Å²) in [5.41, 5.74) is 1.16. The van der Waals surface area contributed by atoms with E-state index in [0.29, 0.717) is 17.9 Å². The molecule has 0 radical (unpaired) electrons. The third-order valence-electron chi connectivity index (χ3n) is 5.03. The molecule has 1 heterocycles. The van der Waals surface area contributed by atoms with Crippen LogP contribution in [0.15, 0.2) is 42.6 Å². The van der Waals surface area contributed by atoms with E-state index in [1.165, 1.54) is 11.0 Å². The van der Waals surface area contributed by atoms with Crippen molar-refractivity contribution in [1.29, 1.82) is 0 Å². The Labute approximate surface area is 148 Å². The Hall–Kier alpha value is -2.43. The van der Waals surface area contributed by atoms with Gasteiger partial charge >= 0.3 is 0 Å². The normalized spacial score (nSPS) is 15.8. The van der Waals surface area contributed by atoms with Gasteiger partial charge in [0.05, 0.1) is 5.56 Å². The Morgan fingerprint density at radius 2 is 1.92 bits per heavy atom. The quantitative estimate of drug-likeness (QED) is 0.898. The molecule has 1 amide bonds. The fourth-order valence-corrected chi connectivity index (χ4v) is 3.63. The van der Waals surface area contributed by atoms with Gasteiger partial charge in [-0.25, -0.2) is 9.37 Å². The lowest BCUT2D eigenvalue weighted by Crippen LogP contribution is -2.32. The number of anilines is 1. The topological polar surface area (TPSA) is 45.2 Å². The minimum absolute atomic E-state index is 0.0716. The molecule has 1 fully saturated rings. The van der Waals surface area contributed by atoms with Gasteiger partial charge < -0.3 is 10.2 Å². The van der Waals surface area contributed by atoms with Crippen molar-refractivity contribution in [3.05, 3.63) is 59.5 Å². The highest BCUT2D eigenvalue weighted by atomic mass is 19.1. The maximum absolute atomic E-state index is 14.3. The van der Waals surface area contributed by atoms with E-state index in [0.717, 1.165) is 31.2 Å². The largest absolute Gasteiger partial charge is 0.369 e. The fraction of sp³-hybridized carbons (Fsp3) is 0.400. The molecule has 0 unspecified atom stereocenters. The number of pyridine rings is 1. The van der Waals surface area contributed by atoms with Crippen molar-refractivity contribution in [2.24, 2.45) is 0 Å². The number of hydrogen-bond acceptors (Lipinski definition) is 3. The monoisotopic (exact) mass is 341 g/mol. The number of nitrogens with one attached hydrogen (secondary N) is 1. The first kappa shape index (κ1) is 17.4. The second kappa shape index (κ2) is 7.21. The van der Waals surface area contributed by atoms with E-state index < -0.39 is 0 Å². The Morgan fingerprint density at radius 1 is 1.20 bits per heavy atom. The smallest absolute Gasteiger partial charge is 0.254 e. The van der Waals surface area contributed by atoms with E-state index in [1.807, 2.05) is 12.1 Å². The van der Waals surface area contributed by atoms with Gasteiger partial charge in [-0.2, -0.15) is 0 Å². The molecule has 1 aromatic carbocycles. The molecule has 1 aliphatic rings. The number of benzene rings is 1. The predicted octanol–water partition coefficient (Wildman–Crippen LogP) is 3.85. The van der Waals surface area contributed by atoms with Crippen molar-refractivity contribution in [2.45, 2.75) is 31.1 Å². The molecule has 2 aromatic rings. The van der Waals surface area contributed by atoms with Gasteiger partial charge in [0.15, 0.2) is 0 Å². The van der Waals surface area contributed by atoms with E-state index in [1.54, 1.807) is 38.5 Å². The summed E-state index contributed by atoms with van der Waals surface area (Å²) in [6, 6.07) is 10.6. The number of carbonyl (C=O) groups excluding carboxylic acids is 1. The summed E-state index contributed by atoms with van der Waals surface area (Å²) in [6.45, 7) is 0.641. The fourth-order valence-electron chi connectivity index (χ4n) is 3.63. The SMILES string of the molecule is CN(C)C(=O)c1ccc(NCC2(c3ccccc3F)CCCC2)nc1. The lowest BCUT2D eigenvalue weighted by molar-refractivity contribution is 0.0827. The highest BCUT2D eigenvalue weighted by Gasteiger charge is 2.37. The van der Waals surface area contributed by atoms with Crippen LogP contribution in [0.3, 0.4) is 0 Å². The molecule has 0 spiro atoms. The lowest BCUT2D eigenvalue weighted by Gasteiger charge is -2.30. The molecule has 25 heavy (non-hydrogen) atoms. The van der Waals surface area contributed by atoms with Crippen LogP contribution in [0.5, 0.6) is 0 Å². The van der Waals surface area contributed by atoms with Crippen molar-refractivity contribution < 1.29 is 9.18 Å². The van der Waals surface area contributed by atoms with E-state index in [2.05, 4.69) is 10.3 Å². The zero-order valence-electron chi connectivity index (χ0n) is 14.8. The molecule has 1 aliphatic carbocycles.